The molecule has 0 radical (unpaired) electrons. The zero-order valence-electron chi connectivity index (χ0n) is 37.4. The number of rotatable bonds is 44. The van der Waals surface area contributed by atoms with Crippen LogP contribution in [0.1, 0.15) is 258 Å². The summed E-state index contributed by atoms with van der Waals surface area (Å²) in [6.45, 7) is 6.60. The molecule has 0 aliphatic rings. The van der Waals surface area contributed by atoms with Crippen LogP contribution in [-0.2, 0) is 28.6 Å². The normalized spacial score (nSPS) is 12.1. The number of esters is 3. The van der Waals surface area contributed by atoms with Crippen LogP contribution in [0.4, 0.5) is 0 Å². The van der Waals surface area contributed by atoms with Crippen molar-refractivity contribution in [3.05, 3.63) is 24.3 Å². The van der Waals surface area contributed by atoms with Gasteiger partial charge in [0.05, 0.1) is 0 Å². The fourth-order valence-electron chi connectivity index (χ4n) is 6.96. The van der Waals surface area contributed by atoms with Crippen molar-refractivity contribution in [3.8, 4) is 0 Å². The third-order valence-electron chi connectivity index (χ3n) is 10.7. The van der Waals surface area contributed by atoms with Crippen LogP contribution in [0.25, 0.3) is 0 Å². The van der Waals surface area contributed by atoms with Crippen molar-refractivity contribution in [1.82, 2.24) is 0 Å². The van der Waals surface area contributed by atoms with Gasteiger partial charge in [-0.1, -0.05) is 193 Å². The van der Waals surface area contributed by atoms with Gasteiger partial charge >= 0.3 is 17.9 Å². The molecule has 0 saturated carbocycles. The van der Waals surface area contributed by atoms with E-state index in [0.29, 0.717) is 19.3 Å². The Balaban J connectivity index is 4.36. The summed E-state index contributed by atoms with van der Waals surface area (Å²) in [5.74, 6) is -0.890. The minimum Gasteiger partial charge on any atom is -0.462 e. The van der Waals surface area contributed by atoms with Crippen LogP contribution in [0.2, 0.25) is 0 Å². The summed E-state index contributed by atoms with van der Waals surface area (Å²) in [4.78, 5) is 37.8. The lowest BCUT2D eigenvalue weighted by Crippen LogP contribution is -2.30. The molecule has 0 bridgehead atoms. The molecule has 1 atom stereocenters. The number of ether oxygens (including phenoxy) is 3. The fraction of sp³-hybridized carbons (Fsp3) is 0.860. The summed E-state index contributed by atoms with van der Waals surface area (Å²) < 4.78 is 16.7. The Kier molecular flexibility index (Phi) is 43.9. The van der Waals surface area contributed by atoms with Gasteiger partial charge in [-0.05, 0) is 70.6 Å². The molecular formula is C50H92O6. The molecule has 0 heterocycles. The largest absolute Gasteiger partial charge is 0.462 e. The molecule has 328 valence electrons. The predicted molar refractivity (Wildman–Crippen MR) is 238 cm³/mol. The zero-order valence-corrected chi connectivity index (χ0v) is 37.4. The van der Waals surface area contributed by atoms with Crippen molar-refractivity contribution in [3.63, 3.8) is 0 Å². The molecule has 56 heavy (non-hydrogen) atoms. The number of hydrogen-bond acceptors (Lipinski definition) is 6. The van der Waals surface area contributed by atoms with Crippen LogP contribution in [-0.4, -0.2) is 37.2 Å². The minimum atomic E-state index is -0.774. The summed E-state index contributed by atoms with van der Waals surface area (Å²) in [6.07, 6.45) is 50.1. The maximum absolute atomic E-state index is 12.7. The Bertz CT molecular complexity index is 911. The molecule has 0 aliphatic heterocycles. The van der Waals surface area contributed by atoms with Gasteiger partial charge < -0.3 is 14.2 Å². The highest BCUT2D eigenvalue weighted by Gasteiger charge is 2.19. The molecule has 0 aromatic rings. The lowest BCUT2D eigenvalue weighted by molar-refractivity contribution is -0.167. The average molecular weight is 789 g/mol. The van der Waals surface area contributed by atoms with E-state index >= 15 is 0 Å². The van der Waals surface area contributed by atoms with Crippen LogP contribution in [0.5, 0.6) is 0 Å². The maximum atomic E-state index is 12.7. The molecule has 6 heteroatoms. The van der Waals surface area contributed by atoms with Crippen molar-refractivity contribution in [1.29, 1.82) is 0 Å². The number of carbonyl (C=O) groups excluding carboxylic acids is 3. The van der Waals surface area contributed by atoms with Crippen LogP contribution < -0.4 is 0 Å². The lowest BCUT2D eigenvalue weighted by atomic mass is 10.1. The number of allylic oxidation sites excluding steroid dienone is 4. The standard InChI is InChI=1S/C50H92O6/c1-4-7-10-13-16-19-22-24-25-27-28-31-34-37-40-43-49(52)55-46-47(45-54-48(51)42-39-36-33-30-21-18-15-12-9-6-3)56-50(53)44-41-38-35-32-29-26-23-20-17-14-11-8-5-2/h19,22,26,29,47H,4-18,20-21,23-25,27-28,30-46H2,1-3H3/b22-19-,29-26-. The van der Waals surface area contributed by atoms with Gasteiger partial charge in [-0.3, -0.25) is 14.4 Å². The molecule has 0 aromatic carbocycles. The maximum Gasteiger partial charge on any atom is 0.306 e. The van der Waals surface area contributed by atoms with E-state index in [1.165, 1.54) is 148 Å². The quantitative estimate of drug-likeness (QED) is 0.0265. The molecule has 0 rings (SSSR count). The van der Waals surface area contributed by atoms with E-state index in [2.05, 4.69) is 45.1 Å². The van der Waals surface area contributed by atoms with Gasteiger partial charge in [0.1, 0.15) is 13.2 Å². The van der Waals surface area contributed by atoms with E-state index in [4.69, 9.17) is 14.2 Å². The van der Waals surface area contributed by atoms with E-state index in [-0.39, 0.29) is 31.1 Å². The first-order valence-electron chi connectivity index (χ1n) is 24.3. The molecule has 0 amide bonds. The summed E-state index contributed by atoms with van der Waals surface area (Å²) in [6, 6.07) is 0. The lowest BCUT2D eigenvalue weighted by Gasteiger charge is -2.18. The molecule has 0 spiro atoms. The van der Waals surface area contributed by atoms with Gasteiger partial charge in [-0.2, -0.15) is 0 Å². The summed E-state index contributed by atoms with van der Waals surface area (Å²) in [7, 11) is 0. The summed E-state index contributed by atoms with van der Waals surface area (Å²) in [5.41, 5.74) is 0. The summed E-state index contributed by atoms with van der Waals surface area (Å²) in [5, 5.41) is 0. The van der Waals surface area contributed by atoms with E-state index < -0.39 is 6.10 Å². The van der Waals surface area contributed by atoms with Gasteiger partial charge in [0.25, 0.3) is 0 Å². The van der Waals surface area contributed by atoms with Crippen molar-refractivity contribution in [2.75, 3.05) is 13.2 Å². The Morgan fingerprint density at radius 3 is 0.929 bits per heavy atom. The molecule has 0 aliphatic carbocycles. The van der Waals surface area contributed by atoms with Crippen LogP contribution in [0.3, 0.4) is 0 Å². The topological polar surface area (TPSA) is 78.9 Å². The predicted octanol–water partition coefficient (Wildman–Crippen LogP) is 15.6. The molecule has 1 unspecified atom stereocenters. The van der Waals surface area contributed by atoms with Crippen LogP contribution in [0, 0.1) is 0 Å². The van der Waals surface area contributed by atoms with Gasteiger partial charge in [-0.25, -0.2) is 0 Å². The highest BCUT2D eigenvalue weighted by Crippen LogP contribution is 2.14. The third kappa shape index (κ3) is 43.0. The first-order valence-corrected chi connectivity index (χ1v) is 24.3. The third-order valence-corrected chi connectivity index (χ3v) is 10.7. The molecular weight excluding hydrogens is 697 g/mol. The average Bonchev–Trinajstić information content (AvgIpc) is 3.19. The Morgan fingerprint density at radius 1 is 0.339 bits per heavy atom. The smallest absolute Gasteiger partial charge is 0.306 e. The van der Waals surface area contributed by atoms with E-state index in [9.17, 15) is 14.4 Å². The number of hydrogen-bond donors (Lipinski definition) is 0. The van der Waals surface area contributed by atoms with Crippen molar-refractivity contribution in [2.45, 2.75) is 264 Å². The minimum absolute atomic E-state index is 0.0756. The van der Waals surface area contributed by atoms with Crippen molar-refractivity contribution >= 4 is 17.9 Å². The van der Waals surface area contributed by atoms with Crippen LogP contribution in [0.15, 0.2) is 24.3 Å². The highest BCUT2D eigenvalue weighted by atomic mass is 16.6. The monoisotopic (exact) mass is 789 g/mol. The molecule has 0 N–H and O–H groups in total. The fourth-order valence-corrected chi connectivity index (χ4v) is 6.96. The Labute approximate surface area is 347 Å². The highest BCUT2D eigenvalue weighted by molar-refractivity contribution is 5.71. The summed E-state index contributed by atoms with van der Waals surface area (Å²) >= 11 is 0. The van der Waals surface area contributed by atoms with Gasteiger partial charge in [0.2, 0.25) is 0 Å². The second-order valence-electron chi connectivity index (χ2n) is 16.4. The number of unbranched alkanes of at least 4 members (excludes halogenated alkanes) is 29. The first-order chi connectivity index (χ1) is 27.5. The molecule has 6 nitrogen and oxygen atoms in total. The number of carbonyl (C=O) groups is 3. The SMILES string of the molecule is CCCCCC/C=C\CCCCCCCCCC(=O)OCC(COC(=O)CCCCCCCCCCCC)OC(=O)CCCCC/C=C\CCCCCCCC. The Hall–Kier alpha value is -2.11. The Morgan fingerprint density at radius 2 is 0.589 bits per heavy atom. The van der Waals surface area contributed by atoms with E-state index in [0.717, 1.165) is 70.6 Å². The second-order valence-corrected chi connectivity index (χ2v) is 16.4. The molecule has 0 aromatic heterocycles. The van der Waals surface area contributed by atoms with Crippen LogP contribution >= 0.6 is 0 Å². The van der Waals surface area contributed by atoms with Crippen molar-refractivity contribution < 1.29 is 28.6 Å². The van der Waals surface area contributed by atoms with E-state index in [1.807, 2.05) is 0 Å². The van der Waals surface area contributed by atoms with Crippen molar-refractivity contribution in [2.24, 2.45) is 0 Å². The van der Waals surface area contributed by atoms with Gasteiger partial charge in [0, 0.05) is 19.3 Å². The van der Waals surface area contributed by atoms with Gasteiger partial charge in [-0.15, -0.1) is 0 Å². The molecule has 0 fully saturated rings. The van der Waals surface area contributed by atoms with Gasteiger partial charge in [0.15, 0.2) is 6.10 Å². The first kappa shape index (κ1) is 53.9. The van der Waals surface area contributed by atoms with E-state index in [1.54, 1.807) is 0 Å². The second kappa shape index (κ2) is 45.6. The molecule has 0 saturated heterocycles. The zero-order chi connectivity index (χ0) is 40.8.